The highest BCUT2D eigenvalue weighted by atomic mass is 32.1. The topological polar surface area (TPSA) is 34.5 Å². The lowest BCUT2D eigenvalue weighted by Crippen LogP contribution is -2.12. The van der Waals surface area contributed by atoms with E-state index in [4.69, 9.17) is 4.74 Å². The minimum Gasteiger partial charge on any atom is -0.455 e. The van der Waals surface area contributed by atoms with E-state index in [1.165, 1.54) is 0 Å². The van der Waals surface area contributed by atoms with Crippen molar-refractivity contribution in [3.8, 4) is 11.5 Å². The molecule has 0 amide bonds. The van der Waals surface area contributed by atoms with Crippen molar-refractivity contribution in [3.05, 3.63) is 48.3 Å². The van der Waals surface area contributed by atoms with Crippen molar-refractivity contribution in [2.75, 3.05) is 0 Å². The van der Waals surface area contributed by atoms with Crippen LogP contribution in [0.15, 0.2) is 47.7 Å². The fourth-order valence-corrected chi connectivity index (χ4v) is 1.98. The maximum Gasteiger partial charge on any atom is 0.157 e. The first-order chi connectivity index (χ1) is 9.52. The van der Waals surface area contributed by atoms with Crippen LogP contribution in [0.4, 0.5) is 5.69 Å². The lowest BCUT2D eigenvalue weighted by molar-refractivity contribution is 0.456. The standard InChI is InChI=1S/C16H16N2OS/c1-16(2,3)12-6-4-5-7-14(12)19-15-8-9-17-10-13(15)18-11-20/h4-10H,1-3H3. The largest absolute Gasteiger partial charge is 0.455 e. The first-order valence-corrected chi connectivity index (χ1v) is 6.72. The van der Waals surface area contributed by atoms with E-state index in [1.807, 2.05) is 18.2 Å². The molecule has 0 atom stereocenters. The van der Waals surface area contributed by atoms with Crippen molar-refractivity contribution in [2.45, 2.75) is 26.2 Å². The van der Waals surface area contributed by atoms with Gasteiger partial charge in [-0.3, -0.25) is 4.98 Å². The van der Waals surface area contributed by atoms with Crippen LogP contribution in [0.5, 0.6) is 11.5 Å². The summed E-state index contributed by atoms with van der Waals surface area (Å²) in [4.78, 5) is 7.99. The van der Waals surface area contributed by atoms with E-state index in [0.29, 0.717) is 11.4 Å². The molecule has 0 aliphatic rings. The molecule has 2 rings (SSSR count). The molecule has 1 heterocycles. The molecule has 2 aromatic rings. The van der Waals surface area contributed by atoms with Gasteiger partial charge >= 0.3 is 0 Å². The Morgan fingerprint density at radius 1 is 1.15 bits per heavy atom. The van der Waals surface area contributed by atoms with Crippen LogP contribution in [-0.2, 0) is 5.41 Å². The third-order valence-electron chi connectivity index (χ3n) is 2.84. The van der Waals surface area contributed by atoms with Gasteiger partial charge in [-0.05, 0) is 23.7 Å². The lowest BCUT2D eigenvalue weighted by atomic mass is 9.86. The maximum atomic E-state index is 6.00. The van der Waals surface area contributed by atoms with Crippen LogP contribution in [-0.4, -0.2) is 10.1 Å². The molecule has 102 valence electrons. The Labute approximate surface area is 124 Å². The molecule has 0 aliphatic carbocycles. The minimum absolute atomic E-state index is 0.00278. The highest BCUT2D eigenvalue weighted by Crippen LogP contribution is 2.36. The summed E-state index contributed by atoms with van der Waals surface area (Å²) in [6, 6.07) is 9.75. The smallest absolute Gasteiger partial charge is 0.157 e. The Balaban J connectivity index is 2.43. The van der Waals surface area contributed by atoms with Crippen LogP contribution in [0.3, 0.4) is 0 Å². The van der Waals surface area contributed by atoms with Gasteiger partial charge in [0.15, 0.2) is 5.75 Å². The number of hydrogen-bond donors (Lipinski definition) is 0. The number of para-hydroxylation sites is 1. The van der Waals surface area contributed by atoms with Crippen LogP contribution in [0.25, 0.3) is 0 Å². The molecule has 0 spiro atoms. The highest BCUT2D eigenvalue weighted by molar-refractivity contribution is 7.78. The van der Waals surface area contributed by atoms with Gasteiger partial charge < -0.3 is 4.74 Å². The molecule has 0 saturated carbocycles. The average Bonchev–Trinajstić information content (AvgIpc) is 2.41. The van der Waals surface area contributed by atoms with Gasteiger partial charge in [-0.1, -0.05) is 39.0 Å². The van der Waals surface area contributed by atoms with Gasteiger partial charge in [0.05, 0.1) is 11.4 Å². The predicted molar refractivity (Wildman–Crippen MR) is 84.1 cm³/mol. The van der Waals surface area contributed by atoms with Gasteiger partial charge in [0.2, 0.25) is 0 Å². The Hall–Kier alpha value is -2.03. The molecule has 3 nitrogen and oxygen atoms in total. The molecule has 0 N–H and O–H groups in total. The molecule has 0 aliphatic heterocycles. The lowest BCUT2D eigenvalue weighted by Gasteiger charge is -2.22. The van der Waals surface area contributed by atoms with E-state index in [1.54, 1.807) is 18.5 Å². The monoisotopic (exact) mass is 284 g/mol. The van der Waals surface area contributed by atoms with Crippen molar-refractivity contribution >= 4 is 23.1 Å². The zero-order valence-corrected chi connectivity index (χ0v) is 12.6. The van der Waals surface area contributed by atoms with E-state index in [-0.39, 0.29) is 5.41 Å². The van der Waals surface area contributed by atoms with Crippen LogP contribution in [0.1, 0.15) is 26.3 Å². The average molecular weight is 284 g/mol. The molecule has 0 fully saturated rings. The second-order valence-electron chi connectivity index (χ2n) is 5.39. The van der Waals surface area contributed by atoms with Crippen molar-refractivity contribution in [2.24, 2.45) is 4.99 Å². The Kier molecular flexibility index (Phi) is 4.28. The van der Waals surface area contributed by atoms with E-state index in [0.717, 1.165) is 11.3 Å². The highest BCUT2D eigenvalue weighted by Gasteiger charge is 2.19. The number of aliphatic imine (C=N–C) groups is 1. The van der Waals surface area contributed by atoms with Crippen LogP contribution in [0.2, 0.25) is 0 Å². The van der Waals surface area contributed by atoms with Crippen LogP contribution < -0.4 is 4.74 Å². The molecular weight excluding hydrogens is 268 g/mol. The fraction of sp³-hybridized carbons (Fsp3) is 0.250. The van der Waals surface area contributed by atoms with Gasteiger partial charge in [0, 0.05) is 17.8 Å². The summed E-state index contributed by atoms with van der Waals surface area (Å²) in [7, 11) is 0. The number of rotatable bonds is 3. The number of benzene rings is 1. The summed E-state index contributed by atoms with van der Waals surface area (Å²) >= 11 is 4.64. The summed E-state index contributed by atoms with van der Waals surface area (Å²) in [5, 5.41) is 2.34. The number of aromatic nitrogens is 1. The van der Waals surface area contributed by atoms with Gasteiger partial charge in [0.1, 0.15) is 11.4 Å². The van der Waals surface area contributed by atoms with Crippen LogP contribution >= 0.6 is 12.2 Å². The number of ether oxygens (including phenoxy) is 1. The molecule has 0 bridgehead atoms. The van der Waals surface area contributed by atoms with Crippen molar-refractivity contribution in [1.29, 1.82) is 0 Å². The van der Waals surface area contributed by atoms with Gasteiger partial charge in [-0.15, -0.1) is 0 Å². The first kappa shape index (κ1) is 14.4. The van der Waals surface area contributed by atoms with Crippen LogP contribution in [0, 0.1) is 0 Å². The number of nitrogens with zero attached hydrogens (tertiary/aromatic N) is 2. The molecule has 1 aromatic heterocycles. The summed E-state index contributed by atoms with van der Waals surface area (Å²) < 4.78 is 6.00. The minimum atomic E-state index is -0.00278. The van der Waals surface area contributed by atoms with Gasteiger partial charge in [-0.2, -0.15) is 4.99 Å². The molecule has 1 aromatic carbocycles. The summed E-state index contributed by atoms with van der Waals surface area (Å²) in [6.07, 6.45) is 3.27. The molecular formula is C16H16N2OS. The summed E-state index contributed by atoms with van der Waals surface area (Å²) in [5.74, 6) is 1.43. The Morgan fingerprint density at radius 2 is 1.90 bits per heavy atom. The number of pyridine rings is 1. The first-order valence-electron chi connectivity index (χ1n) is 6.31. The Morgan fingerprint density at radius 3 is 2.60 bits per heavy atom. The Bertz CT molecular complexity index is 656. The third-order valence-corrected chi connectivity index (χ3v) is 2.93. The van der Waals surface area contributed by atoms with E-state index < -0.39 is 0 Å². The number of thiocarbonyl (C=S) groups is 1. The van der Waals surface area contributed by atoms with E-state index in [9.17, 15) is 0 Å². The molecule has 0 saturated heterocycles. The number of hydrogen-bond acceptors (Lipinski definition) is 4. The fourth-order valence-electron chi connectivity index (χ4n) is 1.89. The molecule has 20 heavy (non-hydrogen) atoms. The SMILES string of the molecule is CC(C)(C)c1ccccc1Oc1ccncc1N=C=S. The third kappa shape index (κ3) is 3.29. The summed E-state index contributed by atoms with van der Waals surface area (Å²) in [6.45, 7) is 6.45. The van der Waals surface area contributed by atoms with Crippen molar-refractivity contribution < 1.29 is 4.74 Å². The second kappa shape index (κ2) is 5.95. The quantitative estimate of drug-likeness (QED) is 0.593. The van der Waals surface area contributed by atoms with Gasteiger partial charge in [0.25, 0.3) is 0 Å². The predicted octanol–water partition coefficient (Wildman–Crippen LogP) is 4.91. The van der Waals surface area contributed by atoms with E-state index >= 15 is 0 Å². The van der Waals surface area contributed by atoms with Crippen molar-refractivity contribution in [1.82, 2.24) is 4.98 Å². The molecule has 4 heteroatoms. The molecule has 0 radical (unpaired) electrons. The zero-order chi connectivity index (χ0) is 14.6. The second-order valence-corrected chi connectivity index (χ2v) is 5.58. The van der Waals surface area contributed by atoms with E-state index in [2.05, 4.69) is 54.2 Å². The maximum absolute atomic E-state index is 6.00. The normalized spacial score (nSPS) is 10.8. The van der Waals surface area contributed by atoms with Crippen molar-refractivity contribution in [3.63, 3.8) is 0 Å². The summed E-state index contributed by atoms with van der Waals surface area (Å²) in [5.41, 5.74) is 1.71. The zero-order valence-electron chi connectivity index (χ0n) is 11.8. The molecule has 0 unspecified atom stereocenters. The number of isothiocyanates is 1. The van der Waals surface area contributed by atoms with Gasteiger partial charge in [-0.25, -0.2) is 0 Å².